The third-order valence-electron chi connectivity index (χ3n) is 2.45. The molecule has 0 radical (unpaired) electrons. The fraction of sp³-hybridized carbons (Fsp3) is 0.400. The van der Waals surface area contributed by atoms with Crippen molar-refractivity contribution in [2.24, 2.45) is 0 Å². The number of aromatic carboxylic acids is 1. The summed E-state index contributed by atoms with van der Waals surface area (Å²) in [4.78, 5) is 38.7. The van der Waals surface area contributed by atoms with Gasteiger partial charge in [-0.15, -0.1) is 11.3 Å². The van der Waals surface area contributed by atoms with Crippen molar-refractivity contribution in [3.8, 4) is 0 Å². The number of likely N-dealkylation sites (tertiary alicyclic amines) is 1. The highest BCUT2D eigenvalue weighted by Gasteiger charge is 2.26. The summed E-state index contributed by atoms with van der Waals surface area (Å²) in [6, 6.07) is 0. The second-order valence-corrected chi connectivity index (χ2v) is 4.60. The fourth-order valence-corrected chi connectivity index (χ4v) is 2.35. The van der Waals surface area contributed by atoms with E-state index in [4.69, 9.17) is 5.11 Å². The predicted octanol–water partition coefficient (Wildman–Crippen LogP) is 0.880. The highest BCUT2D eigenvalue weighted by atomic mass is 32.1. The van der Waals surface area contributed by atoms with E-state index in [1.54, 1.807) is 0 Å². The number of hydrogen-bond acceptors (Lipinski definition) is 5. The molecule has 1 N–H and O–H groups in total. The quantitative estimate of drug-likeness (QED) is 0.809. The molecular formula is C10H10N2O4S. The van der Waals surface area contributed by atoms with Gasteiger partial charge in [-0.05, 0) is 6.42 Å². The molecule has 1 aromatic heterocycles. The Morgan fingerprint density at radius 2 is 2.06 bits per heavy atom. The molecule has 1 aliphatic heterocycles. The van der Waals surface area contributed by atoms with Crippen LogP contribution in [-0.2, 0) is 16.1 Å². The number of amides is 2. The van der Waals surface area contributed by atoms with E-state index in [1.807, 2.05) is 0 Å². The minimum atomic E-state index is -1.11. The molecule has 0 aliphatic carbocycles. The van der Waals surface area contributed by atoms with Crippen LogP contribution in [0.15, 0.2) is 5.38 Å². The van der Waals surface area contributed by atoms with E-state index < -0.39 is 5.97 Å². The average molecular weight is 254 g/mol. The SMILES string of the molecule is O=C(O)c1csc(CN2C(=O)CCCC2=O)n1. The van der Waals surface area contributed by atoms with Crippen LogP contribution in [0.5, 0.6) is 0 Å². The molecule has 1 aromatic rings. The minimum Gasteiger partial charge on any atom is -0.476 e. The van der Waals surface area contributed by atoms with Crippen LogP contribution in [-0.4, -0.2) is 32.8 Å². The van der Waals surface area contributed by atoms with Crippen molar-refractivity contribution in [2.75, 3.05) is 0 Å². The van der Waals surface area contributed by atoms with Crippen LogP contribution in [0.3, 0.4) is 0 Å². The number of carbonyl (C=O) groups excluding carboxylic acids is 2. The average Bonchev–Trinajstić information content (AvgIpc) is 2.72. The van der Waals surface area contributed by atoms with Gasteiger partial charge in [-0.2, -0.15) is 0 Å². The van der Waals surface area contributed by atoms with Crippen molar-refractivity contribution in [3.63, 3.8) is 0 Å². The normalized spacial score (nSPS) is 16.4. The van der Waals surface area contributed by atoms with E-state index in [1.165, 1.54) is 5.38 Å². The molecule has 2 rings (SSSR count). The molecule has 1 aliphatic rings. The Hall–Kier alpha value is -1.76. The molecule has 90 valence electrons. The molecule has 7 heteroatoms. The Morgan fingerprint density at radius 3 is 2.59 bits per heavy atom. The van der Waals surface area contributed by atoms with Gasteiger partial charge in [0.2, 0.25) is 11.8 Å². The molecule has 0 saturated carbocycles. The van der Waals surface area contributed by atoms with Gasteiger partial charge in [0.25, 0.3) is 0 Å². The van der Waals surface area contributed by atoms with Crippen LogP contribution in [0, 0.1) is 0 Å². The van der Waals surface area contributed by atoms with Crippen molar-refractivity contribution >= 4 is 29.1 Å². The summed E-state index contributed by atoms with van der Waals surface area (Å²) < 4.78 is 0. The lowest BCUT2D eigenvalue weighted by Gasteiger charge is -2.23. The summed E-state index contributed by atoms with van der Waals surface area (Å²) in [5, 5.41) is 10.6. The van der Waals surface area contributed by atoms with Crippen LogP contribution in [0.2, 0.25) is 0 Å². The second kappa shape index (κ2) is 4.62. The largest absolute Gasteiger partial charge is 0.476 e. The Balaban J connectivity index is 2.11. The Morgan fingerprint density at radius 1 is 1.41 bits per heavy atom. The van der Waals surface area contributed by atoms with Crippen LogP contribution >= 0.6 is 11.3 Å². The zero-order valence-electron chi connectivity index (χ0n) is 8.88. The second-order valence-electron chi connectivity index (χ2n) is 3.66. The first-order valence-electron chi connectivity index (χ1n) is 5.09. The van der Waals surface area contributed by atoms with Crippen LogP contribution in [0.25, 0.3) is 0 Å². The molecule has 1 fully saturated rings. The summed E-state index contributed by atoms with van der Waals surface area (Å²) in [5.41, 5.74) is -0.0538. The number of carboxylic acids is 1. The number of thiazole rings is 1. The van der Waals surface area contributed by atoms with Gasteiger partial charge in [0.15, 0.2) is 5.69 Å². The fourth-order valence-electron chi connectivity index (χ4n) is 1.59. The molecule has 2 heterocycles. The van der Waals surface area contributed by atoms with Crippen molar-refractivity contribution in [3.05, 3.63) is 16.1 Å². The smallest absolute Gasteiger partial charge is 0.355 e. The number of rotatable bonds is 3. The maximum Gasteiger partial charge on any atom is 0.355 e. The Labute approximate surface area is 101 Å². The monoisotopic (exact) mass is 254 g/mol. The lowest BCUT2D eigenvalue weighted by molar-refractivity contribution is -0.148. The minimum absolute atomic E-state index is 0.0538. The van der Waals surface area contributed by atoms with E-state index in [0.29, 0.717) is 24.3 Å². The molecule has 2 amide bonds. The van der Waals surface area contributed by atoms with E-state index in [0.717, 1.165) is 16.2 Å². The molecular weight excluding hydrogens is 244 g/mol. The summed E-state index contributed by atoms with van der Waals surface area (Å²) in [6.45, 7) is 0.0790. The Kier molecular flexibility index (Phi) is 3.19. The molecule has 0 spiro atoms. The van der Waals surface area contributed by atoms with Gasteiger partial charge in [-0.25, -0.2) is 9.78 Å². The first-order valence-corrected chi connectivity index (χ1v) is 5.97. The predicted molar refractivity (Wildman–Crippen MR) is 58.5 cm³/mol. The standard InChI is InChI=1S/C10H10N2O4S/c13-8-2-1-3-9(14)12(8)4-7-11-6(5-17-7)10(15)16/h5H,1-4H2,(H,15,16). The summed E-state index contributed by atoms with van der Waals surface area (Å²) in [5.74, 6) is -1.54. The van der Waals surface area contributed by atoms with Gasteiger partial charge in [0.1, 0.15) is 5.01 Å². The van der Waals surface area contributed by atoms with Gasteiger partial charge in [-0.3, -0.25) is 14.5 Å². The molecule has 0 unspecified atom stereocenters. The van der Waals surface area contributed by atoms with E-state index in [-0.39, 0.29) is 24.1 Å². The van der Waals surface area contributed by atoms with Gasteiger partial charge < -0.3 is 5.11 Å². The third kappa shape index (κ3) is 2.50. The van der Waals surface area contributed by atoms with Crippen LogP contribution < -0.4 is 0 Å². The Bertz CT molecular complexity index is 466. The maximum absolute atomic E-state index is 11.5. The molecule has 1 saturated heterocycles. The number of imide groups is 1. The third-order valence-corrected chi connectivity index (χ3v) is 3.28. The van der Waals surface area contributed by atoms with E-state index in [2.05, 4.69) is 4.98 Å². The van der Waals surface area contributed by atoms with Crippen molar-refractivity contribution in [1.29, 1.82) is 0 Å². The highest BCUT2D eigenvalue weighted by Crippen LogP contribution is 2.18. The van der Waals surface area contributed by atoms with Gasteiger partial charge >= 0.3 is 5.97 Å². The van der Waals surface area contributed by atoms with Crippen molar-refractivity contribution < 1.29 is 19.5 Å². The number of hydrogen-bond donors (Lipinski definition) is 1. The van der Waals surface area contributed by atoms with Gasteiger partial charge in [0, 0.05) is 18.2 Å². The number of piperidine rings is 1. The van der Waals surface area contributed by atoms with E-state index >= 15 is 0 Å². The van der Waals surface area contributed by atoms with E-state index in [9.17, 15) is 14.4 Å². The molecule has 17 heavy (non-hydrogen) atoms. The first kappa shape index (κ1) is 11.7. The summed E-state index contributed by atoms with van der Waals surface area (Å²) in [7, 11) is 0. The number of nitrogens with zero attached hydrogens (tertiary/aromatic N) is 2. The zero-order valence-corrected chi connectivity index (χ0v) is 9.70. The van der Waals surface area contributed by atoms with Crippen LogP contribution in [0.4, 0.5) is 0 Å². The topological polar surface area (TPSA) is 87.6 Å². The lowest BCUT2D eigenvalue weighted by Crippen LogP contribution is -2.39. The first-order chi connectivity index (χ1) is 8.08. The number of carbonyl (C=O) groups is 3. The number of carboxylic acid groups (broad SMARTS) is 1. The molecule has 0 aromatic carbocycles. The van der Waals surface area contributed by atoms with Gasteiger partial charge in [0.05, 0.1) is 6.54 Å². The van der Waals surface area contributed by atoms with Crippen molar-refractivity contribution in [1.82, 2.24) is 9.88 Å². The molecule has 6 nitrogen and oxygen atoms in total. The maximum atomic E-state index is 11.5. The molecule has 0 atom stereocenters. The zero-order chi connectivity index (χ0) is 12.4. The van der Waals surface area contributed by atoms with Crippen molar-refractivity contribution in [2.45, 2.75) is 25.8 Å². The summed E-state index contributed by atoms with van der Waals surface area (Å²) >= 11 is 1.14. The van der Waals surface area contributed by atoms with Crippen LogP contribution in [0.1, 0.15) is 34.8 Å². The molecule has 0 bridgehead atoms. The highest BCUT2D eigenvalue weighted by molar-refractivity contribution is 7.09. The van der Waals surface area contributed by atoms with Gasteiger partial charge in [-0.1, -0.05) is 0 Å². The number of aromatic nitrogens is 1. The lowest BCUT2D eigenvalue weighted by atomic mass is 10.1. The summed E-state index contributed by atoms with van der Waals surface area (Å²) in [6.07, 6.45) is 1.32.